The minimum absolute atomic E-state index is 0.138. The number of unbranched alkanes of at least 4 members (excludes halogenated alkanes) is 25. The number of nitrogens with one attached hydrogen (secondary N) is 1. The zero-order valence-corrected chi connectivity index (χ0v) is 39.9. The van der Waals surface area contributed by atoms with E-state index in [2.05, 4.69) is 50.1 Å². The molecule has 0 heterocycles. The Morgan fingerprint density at radius 2 is 0.797 bits per heavy atom. The molecular weight excluding hydrogens is 739 g/mol. The van der Waals surface area contributed by atoms with Crippen LogP contribution >= 0.6 is 0 Å². The average Bonchev–Trinajstić information content (AvgIpc) is 3.21. The molecule has 0 bridgehead atoms. The van der Waals surface area contributed by atoms with Gasteiger partial charge in [-0.05, 0) is 98.6 Å². The molecule has 9 nitrogen and oxygen atoms in total. The molecule has 0 aromatic rings. The van der Waals surface area contributed by atoms with Crippen LogP contribution in [0, 0.1) is 0 Å². The lowest BCUT2D eigenvalue weighted by Crippen LogP contribution is -2.32. The van der Waals surface area contributed by atoms with E-state index in [1.807, 2.05) is 0 Å². The topological polar surface area (TPSA) is 97.4 Å². The standard InChI is InChI=1S/C50H99N3O6/c1-6-8-10-12-14-16-18-20-22-24-26-28-30-39-48(54)57-45-34-37-47(59-50(56)51-41-36-44-53(5)43-33-32-42-52(3)4)38-35-46-58-49(55)40-31-29-27-25-23-21-19-17-15-13-11-9-7-2/h47H,6-46H2,1-5H3,(H,51,56). The van der Waals surface area contributed by atoms with Gasteiger partial charge in [0.1, 0.15) is 6.10 Å². The quantitative estimate of drug-likeness (QED) is 0.0368. The second kappa shape index (κ2) is 45.7. The van der Waals surface area contributed by atoms with Gasteiger partial charge in [-0.25, -0.2) is 4.79 Å². The summed E-state index contributed by atoms with van der Waals surface area (Å²) in [4.78, 5) is 42.0. The van der Waals surface area contributed by atoms with E-state index in [4.69, 9.17) is 14.2 Å². The maximum absolute atomic E-state index is 12.7. The first-order valence-corrected chi connectivity index (χ1v) is 25.4. The molecule has 1 N–H and O–H groups in total. The van der Waals surface area contributed by atoms with Crippen molar-refractivity contribution in [2.75, 3.05) is 60.5 Å². The highest BCUT2D eigenvalue weighted by atomic mass is 16.6. The van der Waals surface area contributed by atoms with Crippen molar-refractivity contribution in [3.63, 3.8) is 0 Å². The van der Waals surface area contributed by atoms with Gasteiger partial charge < -0.3 is 29.3 Å². The average molecular weight is 838 g/mol. The van der Waals surface area contributed by atoms with E-state index in [0.717, 1.165) is 58.2 Å². The first-order chi connectivity index (χ1) is 28.8. The Balaban J connectivity index is 4.31. The molecule has 0 unspecified atom stereocenters. The summed E-state index contributed by atoms with van der Waals surface area (Å²) in [5.41, 5.74) is 0. The minimum atomic E-state index is -0.414. The number of ether oxygens (including phenoxy) is 3. The van der Waals surface area contributed by atoms with Crippen LogP contribution in [-0.4, -0.2) is 94.5 Å². The number of carbonyl (C=O) groups excluding carboxylic acids is 3. The summed E-state index contributed by atoms with van der Waals surface area (Å²) in [5.74, 6) is -0.275. The molecule has 0 spiro atoms. The highest BCUT2D eigenvalue weighted by Gasteiger charge is 2.16. The number of hydrogen-bond acceptors (Lipinski definition) is 8. The molecule has 0 aliphatic carbocycles. The Kier molecular flexibility index (Phi) is 44.2. The Hall–Kier alpha value is -1.87. The Labute approximate surface area is 366 Å². The molecule has 1 amide bonds. The van der Waals surface area contributed by atoms with Crippen molar-refractivity contribution in [3.05, 3.63) is 0 Å². The highest BCUT2D eigenvalue weighted by molar-refractivity contribution is 5.69. The van der Waals surface area contributed by atoms with Crippen LogP contribution in [0.4, 0.5) is 4.79 Å². The van der Waals surface area contributed by atoms with Crippen LogP contribution in [0.15, 0.2) is 0 Å². The number of amides is 1. The monoisotopic (exact) mass is 838 g/mol. The predicted molar refractivity (Wildman–Crippen MR) is 249 cm³/mol. The SMILES string of the molecule is CCCCCCCCCCCCCCCC(=O)OCCCC(CCCOC(=O)CCCCCCCCCCCCCCC)OC(=O)NCCCN(C)CCCCN(C)C. The van der Waals surface area contributed by atoms with Crippen molar-refractivity contribution in [3.8, 4) is 0 Å². The third kappa shape index (κ3) is 45.5. The van der Waals surface area contributed by atoms with Crippen LogP contribution in [0.5, 0.6) is 0 Å². The number of rotatable bonds is 46. The molecule has 0 atom stereocenters. The van der Waals surface area contributed by atoms with Crippen molar-refractivity contribution in [2.24, 2.45) is 0 Å². The second-order valence-electron chi connectivity index (χ2n) is 17.8. The first kappa shape index (κ1) is 57.1. The van der Waals surface area contributed by atoms with Gasteiger partial charge in [0.15, 0.2) is 0 Å². The first-order valence-electron chi connectivity index (χ1n) is 25.4. The summed E-state index contributed by atoms with van der Waals surface area (Å²) in [6.45, 7) is 8.82. The molecular formula is C50H99N3O6. The zero-order valence-electron chi connectivity index (χ0n) is 39.9. The molecule has 0 saturated heterocycles. The fourth-order valence-electron chi connectivity index (χ4n) is 7.63. The van der Waals surface area contributed by atoms with Crippen molar-refractivity contribution >= 4 is 18.0 Å². The zero-order chi connectivity index (χ0) is 43.3. The third-order valence-electron chi connectivity index (χ3n) is 11.5. The van der Waals surface area contributed by atoms with Crippen LogP contribution in [-0.2, 0) is 23.8 Å². The van der Waals surface area contributed by atoms with E-state index in [1.54, 1.807) is 0 Å². The lowest BCUT2D eigenvalue weighted by molar-refractivity contribution is -0.144. The summed E-state index contributed by atoms with van der Waals surface area (Å²) in [6.07, 6.45) is 39.1. The molecule has 0 aliphatic rings. The van der Waals surface area contributed by atoms with Crippen molar-refractivity contribution in [1.29, 1.82) is 0 Å². The predicted octanol–water partition coefficient (Wildman–Crippen LogP) is 13.4. The molecule has 0 rings (SSSR count). The van der Waals surface area contributed by atoms with E-state index in [0.29, 0.717) is 58.3 Å². The lowest BCUT2D eigenvalue weighted by Gasteiger charge is -2.19. The van der Waals surface area contributed by atoms with E-state index in [9.17, 15) is 14.4 Å². The van der Waals surface area contributed by atoms with Crippen LogP contribution in [0.3, 0.4) is 0 Å². The van der Waals surface area contributed by atoms with Crippen LogP contribution in [0.1, 0.15) is 239 Å². The maximum atomic E-state index is 12.7. The van der Waals surface area contributed by atoms with E-state index >= 15 is 0 Å². The molecule has 0 aliphatic heterocycles. The van der Waals surface area contributed by atoms with Crippen molar-refractivity contribution in [1.82, 2.24) is 15.1 Å². The maximum Gasteiger partial charge on any atom is 0.407 e. The van der Waals surface area contributed by atoms with Gasteiger partial charge in [-0.1, -0.05) is 168 Å². The third-order valence-corrected chi connectivity index (χ3v) is 11.5. The number of hydrogen-bond donors (Lipinski definition) is 1. The molecule has 59 heavy (non-hydrogen) atoms. The fraction of sp³-hybridized carbons (Fsp3) is 0.940. The number of nitrogens with zero attached hydrogens (tertiary/aromatic N) is 2. The number of carbonyl (C=O) groups is 3. The Bertz CT molecular complexity index is 869. The van der Waals surface area contributed by atoms with Crippen LogP contribution in [0.25, 0.3) is 0 Å². The van der Waals surface area contributed by atoms with Crippen LogP contribution < -0.4 is 5.32 Å². The number of alkyl carbamates (subject to hydrolysis) is 1. The normalized spacial score (nSPS) is 11.5. The summed E-state index contributed by atoms with van der Waals surface area (Å²) in [7, 11) is 6.33. The van der Waals surface area contributed by atoms with E-state index < -0.39 is 6.09 Å². The van der Waals surface area contributed by atoms with Crippen molar-refractivity contribution < 1.29 is 28.6 Å². The van der Waals surface area contributed by atoms with Gasteiger partial charge in [-0.15, -0.1) is 0 Å². The molecule has 0 aromatic carbocycles. The van der Waals surface area contributed by atoms with Gasteiger partial charge in [-0.2, -0.15) is 0 Å². The summed E-state index contributed by atoms with van der Waals surface area (Å²) >= 11 is 0. The minimum Gasteiger partial charge on any atom is -0.466 e. The molecule has 0 saturated carbocycles. The van der Waals surface area contributed by atoms with Gasteiger partial charge in [0.25, 0.3) is 0 Å². The second-order valence-corrected chi connectivity index (χ2v) is 17.8. The van der Waals surface area contributed by atoms with Gasteiger partial charge in [0.05, 0.1) is 13.2 Å². The molecule has 0 aromatic heterocycles. The van der Waals surface area contributed by atoms with Crippen LogP contribution in [0.2, 0.25) is 0 Å². The lowest BCUT2D eigenvalue weighted by atomic mass is 10.0. The summed E-state index contributed by atoms with van der Waals surface area (Å²) in [5, 5.41) is 2.92. The largest absolute Gasteiger partial charge is 0.466 e. The summed E-state index contributed by atoms with van der Waals surface area (Å²) < 4.78 is 16.9. The molecule has 350 valence electrons. The molecule has 9 heteroatoms. The van der Waals surface area contributed by atoms with Gasteiger partial charge in [-0.3, -0.25) is 9.59 Å². The van der Waals surface area contributed by atoms with Gasteiger partial charge in [0, 0.05) is 19.4 Å². The van der Waals surface area contributed by atoms with E-state index in [1.165, 1.54) is 148 Å². The fourth-order valence-corrected chi connectivity index (χ4v) is 7.63. The number of esters is 2. The Morgan fingerprint density at radius 1 is 0.441 bits per heavy atom. The molecule has 0 radical (unpaired) electrons. The molecule has 0 fully saturated rings. The smallest absolute Gasteiger partial charge is 0.407 e. The Morgan fingerprint density at radius 3 is 1.19 bits per heavy atom. The van der Waals surface area contributed by atoms with Gasteiger partial charge >= 0.3 is 18.0 Å². The summed E-state index contributed by atoms with van der Waals surface area (Å²) in [6, 6.07) is 0. The van der Waals surface area contributed by atoms with Gasteiger partial charge in [0.2, 0.25) is 0 Å². The van der Waals surface area contributed by atoms with Crippen molar-refractivity contribution in [2.45, 2.75) is 245 Å². The van der Waals surface area contributed by atoms with E-state index in [-0.39, 0.29) is 18.0 Å². The highest BCUT2D eigenvalue weighted by Crippen LogP contribution is 2.16.